The highest BCUT2D eigenvalue weighted by atomic mass is 16.5. The van der Waals surface area contributed by atoms with Crippen LogP contribution >= 0.6 is 0 Å². The maximum absolute atomic E-state index is 14.0. The molecule has 0 saturated carbocycles. The summed E-state index contributed by atoms with van der Waals surface area (Å²) in [4.78, 5) is 54.4. The smallest absolute Gasteiger partial charge is 0.338 e. The van der Waals surface area contributed by atoms with Crippen molar-refractivity contribution in [3.05, 3.63) is 130 Å². The van der Waals surface area contributed by atoms with Crippen molar-refractivity contribution in [2.45, 2.75) is 18.8 Å². The van der Waals surface area contributed by atoms with Gasteiger partial charge in [-0.25, -0.2) is 9.69 Å². The number of esters is 1. The molecule has 8 rings (SSSR count). The van der Waals surface area contributed by atoms with Gasteiger partial charge in [0.25, 0.3) is 5.91 Å². The summed E-state index contributed by atoms with van der Waals surface area (Å²) in [7, 11) is 0. The first-order chi connectivity index (χ1) is 19.9. The van der Waals surface area contributed by atoms with Crippen molar-refractivity contribution in [2.24, 2.45) is 11.8 Å². The monoisotopic (exact) mass is 542 g/mol. The number of hydrogen-bond donors (Lipinski definition) is 1. The van der Waals surface area contributed by atoms with E-state index in [2.05, 4.69) is 29.6 Å². The number of benzene rings is 4. The molecule has 1 aliphatic heterocycles. The third-order valence-corrected chi connectivity index (χ3v) is 8.42. The van der Waals surface area contributed by atoms with Gasteiger partial charge in [0.2, 0.25) is 11.8 Å². The summed E-state index contributed by atoms with van der Waals surface area (Å²) in [5.41, 5.74) is 6.46. The molecule has 0 unspecified atom stereocenters. The van der Waals surface area contributed by atoms with E-state index in [1.807, 2.05) is 49.4 Å². The van der Waals surface area contributed by atoms with E-state index in [1.54, 1.807) is 18.2 Å². The minimum absolute atomic E-state index is 0.149. The second-order valence-corrected chi connectivity index (χ2v) is 10.8. The molecule has 3 aliphatic carbocycles. The second-order valence-electron chi connectivity index (χ2n) is 10.8. The molecular formula is C34H26N2O5. The SMILES string of the molecule is Cc1cccc(NC(=O)COC(=O)c2cccc(N3C(=O)[C@@H]4C5c6ccccc6C(c6ccccc65)[C@H]4C3=O)c2)c1. The number of carbonyl (C=O) groups is 4. The molecule has 4 aliphatic rings. The number of nitrogens with zero attached hydrogens (tertiary/aromatic N) is 1. The molecule has 3 amide bonds. The first kappa shape index (κ1) is 25.0. The molecule has 1 fully saturated rings. The molecule has 4 aromatic rings. The number of carbonyl (C=O) groups excluding carboxylic acids is 4. The second kappa shape index (κ2) is 9.55. The van der Waals surface area contributed by atoms with Gasteiger partial charge in [0.15, 0.2) is 6.61 Å². The summed E-state index contributed by atoms with van der Waals surface area (Å²) < 4.78 is 5.25. The van der Waals surface area contributed by atoms with E-state index in [0.29, 0.717) is 11.4 Å². The summed E-state index contributed by atoms with van der Waals surface area (Å²) in [5.74, 6) is -3.16. The van der Waals surface area contributed by atoms with E-state index in [-0.39, 0.29) is 29.2 Å². The van der Waals surface area contributed by atoms with Crippen molar-refractivity contribution < 1.29 is 23.9 Å². The Hall–Kier alpha value is -5.04. The number of nitrogens with one attached hydrogen (secondary N) is 1. The summed E-state index contributed by atoms with van der Waals surface area (Å²) in [6, 6.07) is 29.7. The molecule has 0 radical (unpaired) electrons. The van der Waals surface area contributed by atoms with E-state index in [4.69, 9.17) is 4.74 Å². The summed E-state index contributed by atoms with van der Waals surface area (Å²) in [5, 5.41) is 2.70. The average Bonchev–Trinajstić information content (AvgIpc) is 3.26. The Morgan fingerprint density at radius 3 is 1.85 bits per heavy atom. The van der Waals surface area contributed by atoms with Crippen LogP contribution in [-0.4, -0.2) is 30.3 Å². The van der Waals surface area contributed by atoms with Crippen molar-refractivity contribution in [1.29, 1.82) is 0 Å². The molecule has 7 heteroatoms. The average molecular weight is 543 g/mol. The Bertz CT molecular complexity index is 1650. The van der Waals surface area contributed by atoms with Crippen molar-refractivity contribution in [2.75, 3.05) is 16.8 Å². The third-order valence-electron chi connectivity index (χ3n) is 8.42. The van der Waals surface area contributed by atoms with Crippen molar-refractivity contribution in [1.82, 2.24) is 0 Å². The Morgan fingerprint density at radius 2 is 1.29 bits per heavy atom. The van der Waals surface area contributed by atoms with Crippen LogP contribution in [0.2, 0.25) is 0 Å². The van der Waals surface area contributed by atoms with E-state index in [9.17, 15) is 19.2 Å². The van der Waals surface area contributed by atoms with Crippen molar-refractivity contribution in [3.63, 3.8) is 0 Å². The van der Waals surface area contributed by atoms with Gasteiger partial charge in [0, 0.05) is 17.5 Å². The predicted octanol–water partition coefficient (Wildman–Crippen LogP) is 5.19. The number of aryl methyl sites for hydroxylation is 1. The molecule has 2 bridgehead atoms. The quantitative estimate of drug-likeness (QED) is 0.277. The number of hydrogen-bond acceptors (Lipinski definition) is 5. The van der Waals surface area contributed by atoms with Crippen LogP contribution in [-0.2, 0) is 19.1 Å². The van der Waals surface area contributed by atoms with Gasteiger partial charge in [-0.15, -0.1) is 0 Å². The zero-order valence-corrected chi connectivity index (χ0v) is 22.2. The zero-order chi connectivity index (χ0) is 28.2. The van der Waals surface area contributed by atoms with Crippen molar-refractivity contribution in [3.8, 4) is 0 Å². The maximum atomic E-state index is 14.0. The molecular weight excluding hydrogens is 516 g/mol. The normalized spacial score (nSPS) is 21.6. The number of imide groups is 1. The fourth-order valence-corrected chi connectivity index (χ4v) is 6.84. The molecule has 0 aromatic heterocycles. The summed E-state index contributed by atoms with van der Waals surface area (Å²) in [6.07, 6.45) is 0. The first-order valence-electron chi connectivity index (χ1n) is 13.6. The molecule has 41 heavy (non-hydrogen) atoms. The third kappa shape index (κ3) is 3.96. The largest absolute Gasteiger partial charge is 0.452 e. The lowest BCUT2D eigenvalue weighted by Crippen LogP contribution is -2.41. The van der Waals surface area contributed by atoms with Gasteiger partial charge in [-0.1, -0.05) is 66.7 Å². The molecule has 7 nitrogen and oxygen atoms in total. The number of rotatable bonds is 5. The molecule has 1 N–H and O–H groups in total. The topological polar surface area (TPSA) is 92.8 Å². The highest BCUT2D eigenvalue weighted by Gasteiger charge is 2.61. The molecule has 202 valence electrons. The number of ether oxygens (including phenoxy) is 1. The standard InChI is InChI=1S/C34H26N2O5/c1-19-8-6-10-21(16-19)35-27(37)18-41-34(40)20-9-7-11-22(17-20)36-32(38)30-28-23-12-2-3-13-24(23)29(31(30)33(36)39)26-15-5-4-14-25(26)28/h2-17,28-31H,18H2,1H3,(H,35,37)/t28?,29?,30-,31-/m1/s1. The van der Waals surface area contributed by atoms with Gasteiger partial charge in [-0.05, 0) is 65.1 Å². The lowest BCUT2D eigenvalue weighted by Gasteiger charge is -2.45. The molecule has 2 atom stereocenters. The highest BCUT2D eigenvalue weighted by molar-refractivity contribution is 6.23. The van der Waals surface area contributed by atoms with E-state index >= 15 is 0 Å². The Morgan fingerprint density at radius 1 is 0.732 bits per heavy atom. The number of amides is 3. The van der Waals surface area contributed by atoms with Crippen LogP contribution in [0.3, 0.4) is 0 Å². The fraction of sp³-hybridized carbons (Fsp3) is 0.176. The Labute approximate surface area is 236 Å². The highest BCUT2D eigenvalue weighted by Crippen LogP contribution is 2.61. The molecule has 4 aromatic carbocycles. The Balaban J connectivity index is 1.14. The van der Waals surface area contributed by atoms with Crippen LogP contribution < -0.4 is 10.2 Å². The van der Waals surface area contributed by atoms with Crippen molar-refractivity contribution >= 4 is 35.1 Å². The van der Waals surface area contributed by atoms with Gasteiger partial charge in [0.05, 0.1) is 23.1 Å². The van der Waals surface area contributed by atoms with E-state index < -0.39 is 30.3 Å². The number of anilines is 2. The lowest BCUT2D eigenvalue weighted by molar-refractivity contribution is -0.122. The lowest BCUT2D eigenvalue weighted by atomic mass is 9.55. The van der Waals surface area contributed by atoms with E-state index in [1.165, 1.54) is 17.0 Å². The van der Waals surface area contributed by atoms with E-state index in [0.717, 1.165) is 27.8 Å². The zero-order valence-electron chi connectivity index (χ0n) is 22.2. The Kier molecular flexibility index (Phi) is 5.82. The van der Waals surface area contributed by atoms with Crippen LogP contribution in [0.5, 0.6) is 0 Å². The molecule has 1 saturated heterocycles. The summed E-state index contributed by atoms with van der Waals surface area (Å²) in [6.45, 7) is 1.44. The van der Waals surface area contributed by atoms with Crippen LogP contribution in [0.15, 0.2) is 97.1 Å². The van der Waals surface area contributed by atoms with Gasteiger partial charge >= 0.3 is 5.97 Å². The van der Waals surface area contributed by atoms with Gasteiger partial charge in [0.1, 0.15) is 0 Å². The van der Waals surface area contributed by atoms with Gasteiger partial charge in [-0.3, -0.25) is 14.4 Å². The summed E-state index contributed by atoms with van der Waals surface area (Å²) >= 11 is 0. The molecule has 1 heterocycles. The predicted molar refractivity (Wildman–Crippen MR) is 153 cm³/mol. The fourth-order valence-electron chi connectivity index (χ4n) is 6.84. The maximum Gasteiger partial charge on any atom is 0.338 e. The first-order valence-corrected chi connectivity index (χ1v) is 13.6. The minimum Gasteiger partial charge on any atom is -0.452 e. The van der Waals surface area contributed by atoms with Gasteiger partial charge < -0.3 is 10.1 Å². The van der Waals surface area contributed by atoms with Crippen LogP contribution in [0, 0.1) is 18.8 Å². The molecule has 0 spiro atoms. The van der Waals surface area contributed by atoms with Crippen LogP contribution in [0.1, 0.15) is 50.0 Å². The van der Waals surface area contributed by atoms with Crippen LogP contribution in [0.4, 0.5) is 11.4 Å². The van der Waals surface area contributed by atoms with Crippen LogP contribution in [0.25, 0.3) is 0 Å². The minimum atomic E-state index is -0.720. The van der Waals surface area contributed by atoms with Gasteiger partial charge in [-0.2, -0.15) is 0 Å².